The van der Waals surface area contributed by atoms with Crippen LogP contribution in [0, 0.1) is 6.92 Å². The molecule has 1 N–H and O–H groups in total. The van der Waals surface area contributed by atoms with E-state index < -0.39 is 15.7 Å². The lowest BCUT2D eigenvalue weighted by Crippen LogP contribution is -2.25. The van der Waals surface area contributed by atoms with E-state index in [1.54, 1.807) is 24.3 Å². The number of hydrogen-bond acceptors (Lipinski definition) is 7. The zero-order chi connectivity index (χ0) is 18.6. The van der Waals surface area contributed by atoms with Crippen molar-refractivity contribution >= 4 is 27.1 Å². The van der Waals surface area contributed by atoms with E-state index in [1.807, 2.05) is 24.4 Å². The van der Waals surface area contributed by atoms with E-state index in [4.69, 9.17) is 4.52 Å². The second-order valence-corrected chi connectivity index (χ2v) is 8.70. The monoisotopic (exact) mass is 391 g/mol. The molecular weight excluding hydrogens is 374 g/mol. The van der Waals surface area contributed by atoms with E-state index in [9.17, 15) is 13.2 Å². The van der Waals surface area contributed by atoms with E-state index in [0.717, 1.165) is 10.4 Å². The predicted octanol–water partition coefficient (Wildman–Crippen LogP) is 2.59. The van der Waals surface area contributed by atoms with Gasteiger partial charge in [0.1, 0.15) is 0 Å². The Labute approximate surface area is 155 Å². The molecule has 0 fully saturated rings. The summed E-state index contributed by atoms with van der Waals surface area (Å²) < 4.78 is 29.6. The molecule has 0 aliphatic rings. The van der Waals surface area contributed by atoms with Gasteiger partial charge < -0.3 is 9.84 Å². The van der Waals surface area contributed by atoms with Gasteiger partial charge in [-0.05, 0) is 30.5 Å². The molecule has 0 unspecified atom stereocenters. The molecule has 0 spiro atoms. The van der Waals surface area contributed by atoms with Crippen LogP contribution in [0.2, 0.25) is 0 Å². The number of carbonyl (C=O) groups is 1. The third-order valence-corrected chi connectivity index (χ3v) is 6.22. The lowest BCUT2D eigenvalue weighted by Gasteiger charge is -2.05. The molecule has 136 valence electrons. The van der Waals surface area contributed by atoms with Crippen LogP contribution in [0.3, 0.4) is 0 Å². The number of carbonyl (C=O) groups excluding carboxylic acids is 1. The first-order valence-corrected chi connectivity index (χ1v) is 10.4. The minimum Gasteiger partial charge on any atom is -0.347 e. The molecule has 1 aromatic carbocycles. The highest BCUT2D eigenvalue weighted by molar-refractivity contribution is 7.91. The van der Waals surface area contributed by atoms with Crippen molar-refractivity contribution in [1.29, 1.82) is 0 Å². The van der Waals surface area contributed by atoms with Crippen LogP contribution in [0.5, 0.6) is 0 Å². The summed E-state index contributed by atoms with van der Waals surface area (Å²) in [6.45, 7) is 1.94. The van der Waals surface area contributed by atoms with Crippen LogP contribution in [0.1, 0.15) is 17.9 Å². The Bertz CT molecular complexity index is 977. The van der Waals surface area contributed by atoms with Gasteiger partial charge in [0.05, 0.1) is 22.1 Å². The molecule has 0 saturated heterocycles. The van der Waals surface area contributed by atoms with Crippen LogP contribution in [0.15, 0.2) is 51.2 Å². The summed E-state index contributed by atoms with van der Waals surface area (Å²) in [5, 5.41) is 8.34. The quantitative estimate of drug-likeness (QED) is 0.664. The van der Waals surface area contributed by atoms with Gasteiger partial charge in [-0.1, -0.05) is 28.9 Å². The van der Waals surface area contributed by atoms with Gasteiger partial charge in [0.2, 0.25) is 17.6 Å². The summed E-state index contributed by atoms with van der Waals surface area (Å²) >= 11 is 1.48. The highest BCUT2D eigenvalue weighted by Gasteiger charge is 2.17. The Hall–Kier alpha value is -2.52. The Balaban J connectivity index is 1.51. The Morgan fingerprint density at radius 1 is 1.23 bits per heavy atom. The number of aromatic nitrogens is 2. The normalized spacial score (nSPS) is 11.4. The van der Waals surface area contributed by atoms with Gasteiger partial charge in [-0.15, -0.1) is 11.3 Å². The lowest BCUT2D eigenvalue weighted by atomic mass is 10.2. The number of benzene rings is 1. The molecule has 3 aromatic rings. The molecule has 0 radical (unpaired) electrons. The fourth-order valence-corrected chi connectivity index (χ4v) is 4.08. The summed E-state index contributed by atoms with van der Waals surface area (Å²) in [5.41, 5.74) is 0.975. The Morgan fingerprint density at radius 3 is 2.69 bits per heavy atom. The summed E-state index contributed by atoms with van der Waals surface area (Å²) in [6.07, 6.45) is -0.137. The molecule has 2 aromatic heterocycles. The highest BCUT2D eigenvalue weighted by Crippen LogP contribution is 2.21. The summed E-state index contributed by atoms with van der Waals surface area (Å²) in [7, 11) is -3.49. The maximum atomic E-state index is 12.2. The first-order chi connectivity index (χ1) is 12.4. The van der Waals surface area contributed by atoms with Gasteiger partial charge in [-0.3, -0.25) is 4.79 Å². The van der Waals surface area contributed by atoms with Gasteiger partial charge in [0.15, 0.2) is 9.84 Å². The zero-order valence-corrected chi connectivity index (χ0v) is 15.6. The highest BCUT2D eigenvalue weighted by atomic mass is 32.2. The number of rotatable bonds is 7. The van der Waals surface area contributed by atoms with E-state index in [0.29, 0.717) is 5.82 Å². The molecule has 0 aliphatic carbocycles. The average Bonchev–Trinajstić information content (AvgIpc) is 3.30. The van der Waals surface area contributed by atoms with Gasteiger partial charge >= 0.3 is 0 Å². The minimum absolute atomic E-state index is 0.0573. The molecular formula is C17H17N3O4S2. The molecule has 9 heteroatoms. The third kappa shape index (κ3) is 4.55. The van der Waals surface area contributed by atoms with Crippen LogP contribution >= 0.6 is 11.3 Å². The first kappa shape index (κ1) is 18.3. The van der Waals surface area contributed by atoms with Crippen molar-refractivity contribution in [1.82, 2.24) is 15.5 Å². The van der Waals surface area contributed by atoms with Crippen LogP contribution in [-0.4, -0.2) is 30.2 Å². The van der Waals surface area contributed by atoms with Crippen molar-refractivity contribution < 1.29 is 17.7 Å². The van der Waals surface area contributed by atoms with E-state index in [2.05, 4.69) is 15.5 Å². The fraction of sp³-hybridized carbons (Fsp3) is 0.235. The number of hydrogen-bond donors (Lipinski definition) is 1. The molecule has 0 aliphatic heterocycles. The number of thiophene rings is 1. The second kappa shape index (κ2) is 7.79. The van der Waals surface area contributed by atoms with Gasteiger partial charge in [0.25, 0.3) is 0 Å². The van der Waals surface area contributed by atoms with Crippen LogP contribution in [0.4, 0.5) is 0 Å². The van der Waals surface area contributed by atoms with Crippen molar-refractivity contribution in [3.05, 3.63) is 53.2 Å². The van der Waals surface area contributed by atoms with Crippen molar-refractivity contribution in [3.63, 3.8) is 0 Å². The van der Waals surface area contributed by atoms with E-state index in [1.165, 1.54) is 11.3 Å². The van der Waals surface area contributed by atoms with Crippen molar-refractivity contribution in [2.24, 2.45) is 0 Å². The SMILES string of the molecule is Cc1ccc(S(=O)(=O)CCC(=O)NCc2nc(-c3cccs3)no2)cc1. The average molecular weight is 391 g/mol. The van der Waals surface area contributed by atoms with E-state index >= 15 is 0 Å². The number of amides is 1. The van der Waals surface area contributed by atoms with Crippen molar-refractivity contribution in [3.8, 4) is 10.7 Å². The molecule has 0 bridgehead atoms. The van der Waals surface area contributed by atoms with Crippen molar-refractivity contribution in [2.45, 2.75) is 24.8 Å². The second-order valence-electron chi connectivity index (χ2n) is 5.65. The minimum atomic E-state index is -3.49. The molecule has 7 nitrogen and oxygen atoms in total. The van der Waals surface area contributed by atoms with Crippen molar-refractivity contribution in [2.75, 3.05) is 5.75 Å². The summed E-state index contributed by atoms with van der Waals surface area (Å²) in [4.78, 5) is 17.2. The Morgan fingerprint density at radius 2 is 2.00 bits per heavy atom. The number of nitrogens with one attached hydrogen (secondary N) is 1. The molecule has 0 atom stereocenters. The summed E-state index contributed by atoms with van der Waals surface area (Å²) in [5.74, 6) is 0.0810. The molecule has 3 rings (SSSR count). The topological polar surface area (TPSA) is 102 Å². The Kier molecular flexibility index (Phi) is 5.48. The summed E-state index contributed by atoms with van der Waals surface area (Å²) in [6, 6.07) is 10.3. The molecule has 1 amide bonds. The fourth-order valence-electron chi connectivity index (χ4n) is 2.19. The van der Waals surface area contributed by atoms with E-state index in [-0.39, 0.29) is 29.5 Å². The lowest BCUT2D eigenvalue weighted by molar-refractivity contribution is -0.121. The molecule has 2 heterocycles. The number of nitrogens with zero attached hydrogens (tertiary/aromatic N) is 2. The van der Waals surface area contributed by atoms with Gasteiger partial charge in [-0.25, -0.2) is 8.42 Å². The molecule has 26 heavy (non-hydrogen) atoms. The zero-order valence-electron chi connectivity index (χ0n) is 14.0. The first-order valence-electron chi connectivity index (χ1n) is 7.86. The standard InChI is InChI=1S/C17H17N3O4S2/c1-12-4-6-13(7-5-12)26(22,23)10-8-15(21)18-11-16-19-17(20-24-16)14-3-2-9-25-14/h2-7,9H,8,10-11H2,1H3,(H,18,21). The number of aryl methyl sites for hydroxylation is 1. The van der Waals surface area contributed by atoms with Crippen LogP contribution < -0.4 is 5.32 Å². The maximum absolute atomic E-state index is 12.2. The maximum Gasteiger partial charge on any atom is 0.246 e. The van der Waals surface area contributed by atoms with Crippen LogP contribution in [-0.2, 0) is 21.2 Å². The van der Waals surface area contributed by atoms with Gasteiger partial charge in [-0.2, -0.15) is 4.98 Å². The largest absolute Gasteiger partial charge is 0.347 e. The predicted molar refractivity (Wildman–Crippen MR) is 97.3 cm³/mol. The smallest absolute Gasteiger partial charge is 0.246 e. The third-order valence-electron chi connectivity index (χ3n) is 3.62. The number of sulfone groups is 1. The molecule has 0 saturated carbocycles. The van der Waals surface area contributed by atoms with Crippen LogP contribution in [0.25, 0.3) is 10.7 Å². The van der Waals surface area contributed by atoms with Gasteiger partial charge in [0, 0.05) is 6.42 Å².